The average Bonchev–Trinajstić information content (AvgIpc) is 1.98. The Bertz CT molecular complexity index is 141. The molecular weight excluding hydrogens is 148 g/mol. The number of allylic oxidation sites excluding steroid dienone is 1. The molecule has 0 bridgehead atoms. The van der Waals surface area contributed by atoms with Gasteiger partial charge < -0.3 is 4.74 Å². The van der Waals surface area contributed by atoms with Gasteiger partial charge in [-0.25, -0.2) is 4.79 Å². The fourth-order valence-electron chi connectivity index (χ4n) is 0.344. The maximum absolute atomic E-state index is 10.8. The Morgan fingerprint density at radius 1 is 1.70 bits per heavy atom. The molecular formula is C7H12O2S. The van der Waals surface area contributed by atoms with Crippen LogP contribution in [0.2, 0.25) is 0 Å². The zero-order chi connectivity index (χ0) is 7.98. The van der Waals surface area contributed by atoms with Crippen LogP contribution in [0.4, 0.5) is 0 Å². The lowest BCUT2D eigenvalue weighted by molar-refractivity contribution is -0.136. The van der Waals surface area contributed by atoms with E-state index in [0.29, 0.717) is 11.5 Å². The van der Waals surface area contributed by atoms with Gasteiger partial charge in [0, 0.05) is 5.57 Å². The smallest absolute Gasteiger partial charge is 0.334 e. The van der Waals surface area contributed by atoms with Gasteiger partial charge in [-0.3, -0.25) is 0 Å². The third-order valence-electron chi connectivity index (χ3n) is 1.06. The fourth-order valence-corrected chi connectivity index (χ4v) is 0.569. The number of thioether (sulfide) groups is 1. The third-order valence-corrected chi connectivity index (χ3v) is 1.42. The minimum absolute atomic E-state index is 0.225. The van der Waals surface area contributed by atoms with Crippen LogP contribution in [0.5, 0.6) is 0 Å². The number of carbonyl (C=O) groups is 1. The van der Waals surface area contributed by atoms with Crippen molar-refractivity contribution < 1.29 is 9.53 Å². The summed E-state index contributed by atoms with van der Waals surface area (Å²) < 4.78 is 4.80. The van der Waals surface area contributed by atoms with Crippen molar-refractivity contribution in [3.63, 3.8) is 0 Å². The van der Waals surface area contributed by atoms with E-state index >= 15 is 0 Å². The van der Waals surface area contributed by atoms with Gasteiger partial charge in [0.25, 0.3) is 0 Å². The van der Waals surface area contributed by atoms with E-state index in [-0.39, 0.29) is 5.97 Å². The summed E-state index contributed by atoms with van der Waals surface area (Å²) in [5.41, 5.74) is 0.661. The summed E-state index contributed by atoms with van der Waals surface area (Å²) in [5.74, 6) is 0.209. The van der Waals surface area contributed by atoms with Crippen LogP contribution in [0.15, 0.2) is 11.6 Å². The molecule has 3 heteroatoms. The highest BCUT2D eigenvalue weighted by Crippen LogP contribution is 1.99. The lowest BCUT2D eigenvalue weighted by Crippen LogP contribution is -2.04. The standard InChI is InChI=1S/C7H12O2S/c1-4-6(2)7(8)9-5-10-3/h4H,5H2,1-3H3/b6-4+. The zero-order valence-corrected chi connectivity index (χ0v) is 7.33. The maximum Gasteiger partial charge on any atom is 0.334 e. The van der Waals surface area contributed by atoms with Gasteiger partial charge in [-0.1, -0.05) is 6.08 Å². The summed E-state index contributed by atoms with van der Waals surface area (Å²) >= 11 is 1.49. The minimum atomic E-state index is -0.225. The molecule has 0 rings (SSSR count). The Kier molecular flexibility index (Phi) is 5.12. The van der Waals surface area contributed by atoms with Crippen molar-refractivity contribution in [3.8, 4) is 0 Å². The normalized spacial score (nSPS) is 11.3. The first-order chi connectivity index (χ1) is 4.72. The van der Waals surface area contributed by atoms with Gasteiger partial charge in [0.05, 0.1) is 0 Å². The molecule has 0 aromatic heterocycles. The fraction of sp³-hybridized carbons (Fsp3) is 0.571. The SMILES string of the molecule is C/C=C(\C)C(=O)OCSC. The lowest BCUT2D eigenvalue weighted by atomic mass is 10.3. The molecule has 58 valence electrons. The molecule has 0 heterocycles. The van der Waals surface area contributed by atoms with Gasteiger partial charge in [0.1, 0.15) is 5.94 Å². The Labute approximate surface area is 65.6 Å². The van der Waals surface area contributed by atoms with Gasteiger partial charge in [0.2, 0.25) is 0 Å². The monoisotopic (exact) mass is 160 g/mol. The molecule has 0 saturated carbocycles. The Morgan fingerprint density at radius 3 is 2.70 bits per heavy atom. The molecule has 0 aliphatic heterocycles. The first kappa shape index (κ1) is 9.56. The topological polar surface area (TPSA) is 26.3 Å². The Hall–Kier alpha value is -0.440. The molecule has 0 N–H and O–H groups in total. The van der Waals surface area contributed by atoms with Crippen LogP contribution in [-0.4, -0.2) is 18.2 Å². The van der Waals surface area contributed by atoms with Crippen LogP contribution < -0.4 is 0 Å². The van der Waals surface area contributed by atoms with E-state index in [1.165, 1.54) is 11.8 Å². The van der Waals surface area contributed by atoms with E-state index in [1.54, 1.807) is 13.0 Å². The van der Waals surface area contributed by atoms with E-state index in [9.17, 15) is 4.79 Å². The number of carbonyl (C=O) groups excluding carboxylic acids is 1. The highest BCUT2D eigenvalue weighted by atomic mass is 32.2. The van der Waals surface area contributed by atoms with Crippen LogP contribution in [0.3, 0.4) is 0 Å². The minimum Gasteiger partial charge on any atom is -0.451 e. The highest BCUT2D eigenvalue weighted by molar-refractivity contribution is 7.98. The quantitative estimate of drug-likeness (QED) is 0.358. The van der Waals surface area contributed by atoms with E-state index in [2.05, 4.69) is 0 Å². The molecule has 0 aliphatic carbocycles. The summed E-state index contributed by atoms with van der Waals surface area (Å²) in [6.07, 6.45) is 3.63. The number of rotatable bonds is 3. The second-order valence-electron chi connectivity index (χ2n) is 1.81. The molecule has 0 radical (unpaired) electrons. The number of esters is 1. The summed E-state index contributed by atoms with van der Waals surface area (Å²) in [6, 6.07) is 0. The summed E-state index contributed by atoms with van der Waals surface area (Å²) in [6.45, 7) is 3.55. The summed E-state index contributed by atoms with van der Waals surface area (Å²) in [5, 5.41) is 0. The van der Waals surface area contributed by atoms with Crippen LogP contribution >= 0.6 is 11.8 Å². The maximum atomic E-state index is 10.8. The first-order valence-corrected chi connectivity index (χ1v) is 4.40. The van der Waals surface area contributed by atoms with E-state index in [4.69, 9.17) is 4.74 Å². The van der Waals surface area contributed by atoms with Crippen molar-refractivity contribution in [3.05, 3.63) is 11.6 Å². The summed E-state index contributed by atoms with van der Waals surface area (Å²) in [7, 11) is 0. The van der Waals surface area contributed by atoms with Crippen molar-refractivity contribution in [1.82, 2.24) is 0 Å². The van der Waals surface area contributed by atoms with Crippen LogP contribution in [0, 0.1) is 0 Å². The van der Waals surface area contributed by atoms with Gasteiger partial charge in [-0.05, 0) is 20.1 Å². The molecule has 10 heavy (non-hydrogen) atoms. The number of hydrogen-bond donors (Lipinski definition) is 0. The number of hydrogen-bond acceptors (Lipinski definition) is 3. The number of ether oxygens (including phenoxy) is 1. The molecule has 0 unspecified atom stereocenters. The molecule has 2 nitrogen and oxygen atoms in total. The third kappa shape index (κ3) is 3.56. The van der Waals surface area contributed by atoms with E-state index in [0.717, 1.165) is 0 Å². The summed E-state index contributed by atoms with van der Waals surface area (Å²) in [4.78, 5) is 10.8. The predicted octanol–water partition coefficient (Wildman–Crippen LogP) is 1.82. The molecule has 0 aromatic rings. The second kappa shape index (κ2) is 5.35. The van der Waals surface area contributed by atoms with Crippen molar-refractivity contribution in [1.29, 1.82) is 0 Å². The molecule has 0 fully saturated rings. The Balaban J connectivity index is 3.63. The van der Waals surface area contributed by atoms with Crippen LogP contribution in [-0.2, 0) is 9.53 Å². The lowest BCUT2D eigenvalue weighted by Gasteiger charge is -2.00. The van der Waals surface area contributed by atoms with E-state index < -0.39 is 0 Å². The van der Waals surface area contributed by atoms with Gasteiger partial charge in [-0.2, -0.15) is 0 Å². The molecule has 0 spiro atoms. The molecule has 0 amide bonds. The molecule has 0 atom stereocenters. The van der Waals surface area contributed by atoms with Gasteiger partial charge in [0.15, 0.2) is 0 Å². The molecule has 0 aliphatic rings. The van der Waals surface area contributed by atoms with Gasteiger partial charge in [-0.15, -0.1) is 11.8 Å². The van der Waals surface area contributed by atoms with Crippen LogP contribution in [0.25, 0.3) is 0 Å². The van der Waals surface area contributed by atoms with Crippen LogP contribution in [0.1, 0.15) is 13.8 Å². The van der Waals surface area contributed by atoms with Crippen molar-refractivity contribution in [2.45, 2.75) is 13.8 Å². The predicted molar refractivity (Wildman–Crippen MR) is 43.9 cm³/mol. The zero-order valence-electron chi connectivity index (χ0n) is 6.51. The molecule has 0 saturated heterocycles. The van der Waals surface area contributed by atoms with Gasteiger partial charge >= 0.3 is 5.97 Å². The Morgan fingerprint density at radius 2 is 2.30 bits per heavy atom. The highest BCUT2D eigenvalue weighted by Gasteiger charge is 2.01. The average molecular weight is 160 g/mol. The molecule has 0 aromatic carbocycles. The first-order valence-electron chi connectivity index (χ1n) is 3.01. The largest absolute Gasteiger partial charge is 0.451 e. The van der Waals surface area contributed by atoms with E-state index in [1.807, 2.05) is 13.2 Å². The van der Waals surface area contributed by atoms with Crippen molar-refractivity contribution in [2.24, 2.45) is 0 Å². The van der Waals surface area contributed by atoms with Crippen molar-refractivity contribution >= 4 is 17.7 Å². The van der Waals surface area contributed by atoms with Crippen molar-refractivity contribution in [2.75, 3.05) is 12.2 Å². The second-order valence-corrected chi connectivity index (χ2v) is 2.62.